The summed E-state index contributed by atoms with van der Waals surface area (Å²) in [5, 5.41) is 0. The lowest BCUT2D eigenvalue weighted by Crippen LogP contribution is -2.21. The third-order valence-corrected chi connectivity index (χ3v) is 5.50. The summed E-state index contributed by atoms with van der Waals surface area (Å²) in [6, 6.07) is 0. The molecular formula is C18H24F6N5O4P. The van der Waals surface area contributed by atoms with Crippen LogP contribution in [0.2, 0.25) is 0 Å². The van der Waals surface area contributed by atoms with E-state index in [4.69, 9.17) is 4.74 Å². The zero-order valence-electron chi connectivity index (χ0n) is 18.6. The minimum absolute atomic E-state index is 0.0419. The van der Waals surface area contributed by atoms with Crippen molar-refractivity contribution in [1.82, 2.24) is 19.5 Å². The van der Waals surface area contributed by atoms with Crippen LogP contribution in [0.25, 0.3) is 11.2 Å². The summed E-state index contributed by atoms with van der Waals surface area (Å²) >= 11 is 0. The van der Waals surface area contributed by atoms with Crippen LogP contribution in [0.4, 0.5) is 32.2 Å². The van der Waals surface area contributed by atoms with E-state index < -0.39 is 39.5 Å². The van der Waals surface area contributed by atoms with E-state index in [-0.39, 0.29) is 13.2 Å². The number of fused-ring (bicyclic) bond motifs is 1. The van der Waals surface area contributed by atoms with E-state index in [1.54, 1.807) is 0 Å². The Morgan fingerprint density at radius 3 is 2.26 bits per heavy atom. The first kappa shape index (κ1) is 28.1. The fraction of sp³-hybridized carbons (Fsp3) is 0.667. The molecule has 0 fully saturated rings. The number of ether oxygens (including phenoxy) is 1. The number of nitrogens with zero attached hydrogens (tertiary/aromatic N) is 5. The number of hydrogen-bond acceptors (Lipinski definition) is 8. The Labute approximate surface area is 191 Å². The molecule has 0 aliphatic carbocycles. The van der Waals surface area contributed by atoms with Crippen LogP contribution >= 0.6 is 7.60 Å². The van der Waals surface area contributed by atoms with Gasteiger partial charge in [0.1, 0.15) is 12.7 Å². The molecule has 0 aliphatic heterocycles. The molecule has 0 saturated carbocycles. The SMILES string of the molecule is C/C(CC(C)C)=N/c1ncnc2c1ncn2CCOCP(=O)(OCC(F)(F)F)OCC(F)(F)F. The molecule has 0 bridgehead atoms. The molecule has 0 spiro atoms. The highest BCUT2D eigenvalue weighted by molar-refractivity contribution is 7.53. The largest absolute Gasteiger partial charge is 0.412 e. The van der Waals surface area contributed by atoms with Gasteiger partial charge in [0.05, 0.1) is 12.9 Å². The van der Waals surface area contributed by atoms with Crippen molar-refractivity contribution in [2.24, 2.45) is 10.9 Å². The second kappa shape index (κ2) is 11.6. The third kappa shape index (κ3) is 9.65. The van der Waals surface area contributed by atoms with Crippen LogP contribution in [0.5, 0.6) is 0 Å². The lowest BCUT2D eigenvalue weighted by Gasteiger charge is -2.20. The van der Waals surface area contributed by atoms with Crippen LogP contribution in [0, 0.1) is 5.92 Å². The van der Waals surface area contributed by atoms with Gasteiger partial charge in [-0.05, 0) is 19.3 Å². The minimum Gasteiger partial charge on any atom is -0.367 e. The molecule has 0 aromatic carbocycles. The molecule has 0 atom stereocenters. The average Bonchev–Trinajstić information content (AvgIpc) is 3.11. The van der Waals surface area contributed by atoms with Gasteiger partial charge < -0.3 is 9.30 Å². The van der Waals surface area contributed by atoms with E-state index in [0.29, 0.717) is 22.9 Å². The molecule has 0 aliphatic rings. The van der Waals surface area contributed by atoms with Gasteiger partial charge in [-0.15, -0.1) is 0 Å². The molecule has 2 aromatic heterocycles. The van der Waals surface area contributed by atoms with Crippen molar-refractivity contribution in [3.63, 3.8) is 0 Å². The fourth-order valence-corrected chi connectivity index (χ4v) is 3.99. The monoisotopic (exact) mass is 519 g/mol. The standard InChI is InChI=1S/C18H24F6N5O4P/c1-12(2)6-13(3)28-15-14-16(26-9-25-15)29(10-27-14)4-5-31-11-34(30,32-7-17(19,20)21)33-8-18(22,23)24/h9-10,12H,4-8,11H2,1-3H3/b28-13-. The first-order chi connectivity index (χ1) is 15.7. The van der Waals surface area contributed by atoms with Gasteiger partial charge in [-0.25, -0.2) is 19.9 Å². The van der Waals surface area contributed by atoms with Crippen molar-refractivity contribution in [3.8, 4) is 0 Å². The zero-order valence-corrected chi connectivity index (χ0v) is 19.5. The van der Waals surface area contributed by atoms with Gasteiger partial charge in [0.15, 0.2) is 30.2 Å². The number of halogens is 6. The molecule has 2 aromatic rings. The number of alkyl halides is 6. The Hall–Kier alpha value is -2.09. The predicted molar refractivity (Wildman–Crippen MR) is 110 cm³/mol. The average molecular weight is 519 g/mol. The summed E-state index contributed by atoms with van der Waals surface area (Å²) in [4.78, 5) is 16.9. The highest BCUT2D eigenvalue weighted by Gasteiger charge is 2.38. The maximum Gasteiger partial charge on any atom is 0.412 e. The lowest BCUT2D eigenvalue weighted by molar-refractivity contribution is -0.166. The fourth-order valence-electron chi connectivity index (χ4n) is 2.73. The van der Waals surface area contributed by atoms with Crippen molar-refractivity contribution < 1.29 is 44.7 Å². The van der Waals surface area contributed by atoms with Crippen molar-refractivity contribution in [2.75, 3.05) is 26.2 Å². The van der Waals surface area contributed by atoms with E-state index in [2.05, 4.69) is 29.0 Å². The summed E-state index contributed by atoms with van der Waals surface area (Å²) in [6.45, 7) is 1.64. The second-order valence-corrected chi connectivity index (χ2v) is 9.67. The van der Waals surface area contributed by atoms with E-state index in [9.17, 15) is 30.9 Å². The van der Waals surface area contributed by atoms with Crippen LogP contribution in [0.3, 0.4) is 0 Å². The molecule has 0 amide bonds. The van der Waals surface area contributed by atoms with Gasteiger partial charge >= 0.3 is 19.9 Å². The maximum absolute atomic E-state index is 12.4. The molecule has 0 radical (unpaired) electrons. The van der Waals surface area contributed by atoms with E-state index in [1.807, 2.05) is 20.8 Å². The number of hydrogen-bond donors (Lipinski definition) is 0. The molecular weight excluding hydrogens is 495 g/mol. The van der Waals surface area contributed by atoms with E-state index in [1.165, 1.54) is 17.2 Å². The van der Waals surface area contributed by atoms with Crippen molar-refractivity contribution in [2.45, 2.75) is 46.1 Å². The summed E-state index contributed by atoms with van der Waals surface area (Å²) in [5.74, 6) is 0.750. The molecule has 9 nitrogen and oxygen atoms in total. The number of rotatable bonds is 12. The smallest absolute Gasteiger partial charge is 0.367 e. The van der Waals surface area contributed by atoms with Crippen LogP contribution in [-0.2, 0) is 24.9 Å². The molecule has 16 heteroatoms. The van der Waals surface area contributed by atoms with Gasteiger partial charge in [0.2, 0.25) is 0 Å². The van der Waals surface area contributed by atoms with Gasteiger partial charge in [0, 0.05) is 12.3 Å². The first-order valence-corrected chi connectivity index (χ1v) is 11.7. The Balaban J connectivity index is 2.03. The lowest BCUT2D eigenvalue weighted by atomic mass is 10.1. The Kier molecular flexibility index (Phi) is 9.57. The van der Waals surface area contributed by atoms with Crippen LogP contribution in [0.15, 0.2) is 17.6 Å². The van der Waals surface area contributed by atoms with Gasteiger partial charge in [-0.3, -0.25) is 13.6 Å². The number of aliphatic imine (C=N–C) groups is 1. The number of aromatic nitrogens is 4. The predicted octanol–water partition coefficient (Wildman–Crippen LogP) is 5.29. The van der Waals surface area contributed by atoms with Crippen molar-refractivity contribution >= 4 is 30.3 Å². The Morgan fingerprint density at radius 1 is 1.09 bits per heavy atom. The van der Waals surface area contributed by atoms with Crippen LogP contribution in [-0.4, -0.2) is 63.8 Å². The summed E-state index contributed by atoms with van der Waals surface area (Å²) in [5.41, 5.74) is 1.64. The number of imidazole rings is 1. The Morgan fingerprint density at radius 2 is 1.71 bits per heavy atom. The zero-order chi connectivity index (χ0) is 25.6. The first-order valence-electron chi connectivity index (χ1n) is 9.97. The molecule has 34 heavy (non-hydrogen) atoms. The third-order valence-electron chi connectivity index (χ3n) is 3.96. The summed E-state index contributed by atoms with van der Waals surface area (Å²) in [7, 11) is -4.83. The van der Waals surface area contributed by atoms with E-state index >= 15 is 0 Å². The van der Waals surface area contributed by atoms with Gasteiger partial charge in [0.25, 0.3) is 0 Å². The highest BCUT2D eigenvalue weighted by Crippen LogP contribution is 2.50. The van der Waals surface area contributed by atoms with E-state index in [0.717, 1.165) is 12.1 Å². The highest BCUT2D eigenvalue weighted by atomic mass is 31.2. The molecule has 2 heterocycles. The Bertz CT molecular complexity index is 1000. The molecule has 0 unspecified atom stereocenters. The topological polar surface area (TPSA) is 101 Å². The normalized spacial score (nSPS) is 13.9. The quantitative estimate of drug-likeness (QED) is 0.163. The van der Waals surface area contributed by atoms with Crippen molar-refractivity contribution in [1.29, 1.82) is 0 Å². The summed E-state index contributed by atoms with van der Waals surface area (Å²) < 4.78 is 101. The molecule has 0 saturated heterocycles. The van der Waals surface area contributed by atoms with Crippen LogP contribution < -0.4 is 0 Å². The van der Waals surface area contributed by atoms with Gasteiger partial charge in [-0.1, -0.05) is 13.8 Å². The minimum atomic E-state index is -4.92. The summed E-state index contributed by atoms with van der Waals surface area (Å²) in [6.07, 6.45) is -7.50. The molecule has 192 valence electrons. The van der Waals surface area contributed by atoms with Crippen LogP contribution in [0.1, 0.15) is 27.2 Å². The maximum atomic E-state index is 12.4. The van der Waals surface area contributed by atoms with Gasteiger partial charge in [-0.2, -0.15) is 26.3 Å². The molecule has 0 N–H and O–H groups in total. The second-order valence-electron chi connectivity index (χ2n) is 7.68. The molecule has 2 rings (SSSR count). The van der Waals surface area contributed by atoms with Crippen molar-refractivity contribution in [3.05, 3.63) is 12.7 Å².